The molecule has 0 rings (SSSR count). The van der Waals surface area contributed by atoms with E-state index in [4.69, 9.17) is 9.47 Å². The normalized spacial score (nSPS) is 13.3. The van der Waals surface area contributed by atoms with Crippen LogP contribution in [-0.2, 0) is 19.1 Å². The predicted octanol–water partition coefficient (Wildman–Crippen LogP) is 4.34. The molecular weight excluding hydrogens is 280 g/mol. The Labute approximate surface area is 134 Å². The Morgan fingerprint density at radius 1 is 1.05 bits per heavy atom. The highest BCUT2D eigenvalue weighted by molar-refractivity contribution is 5.79. The van der Waals surface area contributed by atoms with Gasteiger partial charge in [-0.15, -0.1) is 0 Å². The quantitative estimate of drug-likeness (QED) is 0.518. The summed E-state index contributed by atoms with van der Waals surface area (Å²) in [5.41, 5.74) is 1.86. The van der Waals surface area contributed by atoms with E-state index in [0.717, 1.165) is 12.8 Å². The standard InChI is InChI=1S/C18H30O4/c1-13(2)9-8-10-14(3)11-12-16(21-15(4)19)17(20)22-18(5,6)7/h9,11,16H,8,10,12H2,1-7H3/b14-11+. The van der Waals surface area contributed by atoms with Crippen LogP contribution in [0.4, 0.5) is 0 Å². The van der Waals surface area contributed by atoms with Gasteiger partial charge in [0.2, 0.25) is 6.10 Å². The summed E-state index contributed by atoms with van der Waals surface area (Å²) >= 11 is 0. The lowest BCUT2D eigenvalue weighted by molar-refractivity contribution is -0.174. The number of ether oxygens (including phenoxy) is 2. The fourth-order valence-electron chi connectivity index (χ4n) is 1.76. The van der Waals surface area contributed by atoms with Crippen LogP contribution in [0.3, 0.4) is 0 Å². The summed E-state index contributed by atoms with van der Waals surface area (Å²) in [5, 5.41) is 0. The number of rotatable bonds is 7. The van der Waals surface area contributed by atoms with Gasteiger partial charge in [-0.1, -0.05) is 23.3 Å². The Morgan fingerprint density at radius 3 is 2.09 bits per heavy atom. The minimum absolute atomic E-state index is 0.342. The van der Waals surface area contributed by atoms with Crippen molar-refractivity contribution in [2.24, 2.45) is 0 Å². The number of carbonyl (C=O) groups excluding carboxylic acids is 2. The van der Waals surface area contributed by atoms with Crippen molar-refractivity contribution >= 4 is 11.9 Å². The van der Waals surface area contributed by atoms with E-state index in [1.54, 1.807) is 20.8 Å². The van der Waals surface area contributed by atoms with E-state index in [1.165, 1.54) is 18.1 Å². The van der Waals surface area contributed by atoms with E-state index in [-0.39, 0.29) is 0 Å². The summed E-state index contributed by atoms with van der Waals surface area (Å²) in [6.07, 6.45) is 5.47. The van der Waals surface area contributed by atoms with Gasteiger partial charge >= 0.3 is 11.9 Å². The first-order chi connectivity index (χ1) is 10.0. The first kappa shape index (κ1) is 20.4. The van der Waals surface area contributed by atoms with E-state index < -0.39 is 23.6 Å². The molecule has 0 aliphatic heterocycles. The zero-order valence-electron chi connectivity index (χ0n) is 15.0. The minimum Gasteiger partial charge on any atom is -0.457 e. The number of hydrogen-bond acceptors (Lipinski definition) is 4. The van der Waals surface area contributed by atoms with Gasteiger partial charge in [0.05, 0.1) is 0 Å². The fraction of sp³-hybridized carbons (Fsp3) is 0.667. The van der Waals surface area contributed by atoms with E-state index in [9.17, 15) is 9.59 Å². The molecule has 0 saturated heterocycles. The van der Waals surface area contributed by atoms with Gasteiger partial charge in [-0.2, -0.15) is 0 Å². The fourth-order valence-corrected chi connectivity index (χ4v) is 1.76. The Kier molecular flexibility index (Phi) is 8.76. The molecule has 126 valence electrons. The monoisotopic (exact) mass is 310 g/mol. The summed E-state index contributed by atoms with van der Waals surface area (Å²) in [6.45, 7) is 12.8. The maximum Gasteiger partial charge on any atom is 0.348 e. The molecule has 0 aromatic rings. The van der Waals surface area contributed by atoms with Gasteiger partial charge in [-0.05, 0) is 54.4 Å². The third-order valence-electron chi connectivity index (χ3n) is 2.75. The molecule has 4 nitrogen and oxygen atoms in total. The van der Waals surface area contributed by atoms with Crippen molar-refractivity contribution in [2.75, 3.05) is 0 Å². The van der Waals surface area contributed by atoms with E-state index >= 15 is 0 Å². The number of hydrogen-bond donors (Lipinski definition) is 0. The van der Waals surface area contributed by atoms with Crippen LogP contribution in [0.15, 0.2) is 23.3 Å². The highest BCUT2D eigenvalue weighted by Gasteiger charge is 2.26. The number of esters is 2. The molecule has 22 heavy (non-hydrogen) atoms. The molecule has 0 radical (unpaired) electrons. The first-order valence-corrected chi connectivity index (χ1v) is 7.70. The molecule has 0 aromatic heterocycles. The molecule has 4 heteroatoms. The van der Waals surface area contributed by atoms with Crippen molar-refractivity contribution in [3.63, 3.8) is 0 Å². The van der Waals surface area contributed by atoms with Gasteiger partial charge in [0.1, 0.15) is 5.60 Å². The van der Waals surface area contributed by atoms with Crippen molar-refractivity contribution in [1.82, 2.24) is 0 Å². The molecule has 1 unspecified atom stereocenters. The van der Waals surface area contributed by atoms with Crippen LogP contribution in [-0.4, -0.2) is 23.6 Å². The SMILES string of the molecule is CC(=O)OC(C/C=C(\C)CCC=C(C)C)C(=O)OC(C)(C)C. The maximum atomic E-state index is 12.1. The number of allylic oxidation sites excluding steroid dienone is 3. The zero-order valence-corrected chi connectivity index (χ0v) is 15.0. The molecule has 0 saturated carbocycles. The summed E-state index contributed by atoms with van der Waals surface area (Å²) < 4.78 is 10.4. The lowest BCUT2D eigenvalue weighted by Gasteiger charge is -2.23. The van der Waals surface area contributed by atoms with Gasteiger partial charge in [0.15, 0.2) is 0 Å². The van der Waals surface area contributed by atoms with E-state index in [1.807, 2.05) is 13.0 Å². The summed E-state index contributed by atoms with van der Waals surface area (Å²) in [7, 11) is 0. The van der Waals surface area contributed by atoms with Crippen molar-refractivity contribution in [2.45, 2.75) is 79.4 Å². The molecule has 0 aliphatic carbocycles. The van der Waals surface area contributed by atoms with Crippen LogP contribution in [0.2, 0.25) is 0 Å². The zero-order chi connectivity index (χ0) is 17.3. The van der Waals surface area contributed by atoms with Crippen molar-refractivity contribution in [3.8, 4) is 0 Å². The summed E-state index contributed by atoms with van der Waals surface area (Å²) in [6, 6.07) is 0. The Hall–Kier alpha value is -1.58. The average molecular weight is 310 g/mol. The topological polar surface area (TPSA) is 52.6 Å². The molecular formula is C18H30O4. The lowest BCUT2D eigenvalue weighted by atomic mass is 10.1. The molecule has 0 fully saturated rings. The van der Waals surface area contributed by atoms with E-state index in [0.29, 0.717) is 6.42 Å². The number of carbonyl (C=O) groups is 2. The maximum absolute atomic E-state index is 12.1. The van der Waals surface area contributed by atoms with Gasteiger partial charge in [-0.3, -0.25) is 4.79 Å². The van der Waals surface area contributed by atoms with Crippen LogP contribution < -0.4 is 0 Å². The molecule has 0 bridgehead atoms. The van der Waals surface area contributed by atoms with Crippen LogP contribution in [0, 0.1) is 0 Å². The molecule has 0 spiro atoms. The first-order valence-electron chi connectivity index (χ1n) is 7.70. The van der Waals surface area contributed by atoms with Gasteiger partial charge in [0, 0.05) is 13.3 Å². The molecule has 0 heterocycles. The van der Waals surface area contributed by atoms with Crippen LogP contribution in [0.5, 0.6) is 0 Å². The minimum atomic E-state index is -0.880. The van der Waals surface area contributed by atoms with Crippen LogP contribution in [0.25, 0.3) is 0 Å². The molecule has 0 amide bonds. The summed E-state index contributed by atoms with van der Waals surface area (Å²) in [4.78, 5) is 23.2. The van der Waals surface area contributed by atoms with Gasteiger partial charge < -0.3 is 9.47 Å². The highest BCUT2D eigenvalue weighted by Crippen LogP contribution is 2.14. The van der Waals surface area contributed by atoms with Crippen molar-refractivity contribution in [1.29, 1.82) is 0 Å². The Morgan fingerprint density at radius 2 is 1.64 bits per heavy atom. The predicted molar refractivity (Wildman–Crippen MR) is 88.4 cm³/mol. The Balaban J connectivity index is 4.68. The van der Waals surface area contributed by atoms with Crippen LogP contribution in [0.1, 0.15) is 67.7 Å². The smallest absolute Gasteiger partial charge is 0.348 e. The second kappa shape index (κ2) is 9.44. The third-order valence-corrected chi connectivity index (χ3v) is 2.75. The lowest BCUT2D eigenvalue weighted by Crippen LogP contribution is -2.34. The van der Waals surface area contributed by atoms with E-state index in [2.05, 4.69) is 19.9 Å². The highest BCUT2D eigenvalue weighted by atomic mass is 16.6. The van der Waals surface area contributed by atoms with Gasteiger partial charge in [-0.25, -0.2) is 4.79 Å². The Bertz CT molecular complexity index is 434. The second-order valence-electron chi connectivity index (χ2n) is 6.74. The summed E-state index contributed by atoms with van der Waals surface area (Å²) in [5.74, 6) is -0.984. The van der Waals surface area contributed by atoms with Crippen molar-refractivity contribution < 1.29 is 19.1 Å². The third kappa shape index (κ3) is 11.1. The van der Waals surface area contributed by atoms with Gasteiger partial charge in [0.25, 0.3) is 0 Å². The van der Waals surface area contributed by atoms with Crippen molar-refractivity contribution in [3.05, 3.63) is 23.3 Å². The molecule has 0 aromatic carbocycles. The molecule has 0 aliphatic rings. The largest absolute Gasteiger partial charge is 0.457 e. The molecule has 0 N–H and O–H groups in total. The average Bonchev–Trinajstić information content (AvgIpc) is 2.31. The molecule has 1 atom stereocenters. The second-order valence-corrected chi connectivity index (χ2v) is 6.74. The van der Waals surface area contributed by atoms with Crippen LogP contribution >= 0.6 is 0 Å².